The van der Waals surface area contributed by atoms with Crippen LogP contribution in [0.4, 0.5) is 0 Å². The molecule has 106 valence electrons. The van der Waals surface area contributed by atoms with Gasteiger partial charge in [-0.3, -0.25) is 0 Å². The predicted octanol–water partition coefficient (Wildman–Crippen LogP) is 2.15. The van der Waals surface area contributed by atoms with E-state index in [9.17, 15) is 13.2 Å². The molecule has 1 aromatic carbocycles. The molecule has 0 radical (unpaired) electrons. The van der Waals surface area contributed by atoms with Crippen molar-refractivity contribution in [2.45, 2.75) is 4.90 Å². The van der Waals surface area contributed by atoms with Crippen LogP contribution in [0.1, 0.15) is 9.67 Å². The summed E-state index contributed by atoms with van der Waals surface area (Å²) in [6, 6.07) is 7.46. The Morgan fingerprint density at radius 2 is 2.05 bits per heavy atom. The summed E-state index contributed by atoms with van der Waals surface area (Å²) in [4.78, 5) is 10.9. The summed E-state index contributed by atoms with van der Waals surface area (Å²) >= 11 is 1.01. The van der Waals surface area contributed by atoms with Crippen LogP contribution in [0.25, 0.3) is 0 Å². The van der Waals surface area contributed by atoms with E-state index in [1.165, 1.54) is 30.6 Å². The van der Waals surface area contributed by atoms with Crippen LogP contribution < -0.4 is 9.46 Å². The highest BCUT2D eigenvalue weighted by atomic mass is 32.2. The van der Waals surface area contributed by atoms with Gasteiger partial charge in [0.2, 0.25) is 10.0 Å². The maximum atomic E-state index is 11.8. The molecule has 2 rings (SSSR count). The highest BCUT2D eigenvalue weighted by Crippen LogP contribution is 2.31. The second kappa shape index (κ2) is 5.61. The molecule has 0 fully saturated rings. The second-order valence-corrected chi connectivity index (χ2v) is 6.47. The summed E-state index contributed by atoms with van der Waals surface area (Å²) < 4.78 is 31.3. The third-order valence-corrected chi connectivity index (χ3v) is 4.77. The summed E-state index contributed by atoms with van der Waals surface area (Å²) in [5.41, 5.74) is 0. The van der Waals surface area contributed by atoms with Gasteiger partial charge in [-0.15, -0.1) is 11.3 Å². The topological polar surface area (TPSA) is 92.7 Å². The number of hydrogen-bond donors (Lipinski definition) is 2. The Kier molecular flexibility index (Phi) is 4.07. The minimum absolute atomic E-state index is 0.00873. The number of benzene rings is 1. The first-order valence-electron chi connectivity index (χ1n) is 5.46. The SMILES string of the molecule is CNS(=O)(=O)c1ccccc1Oc1csc(C(=O)O)c1. The van der Waals surface area contributed by atoms with Crippen molar-refractivity contribution in [3.8, 4) is 11.5 Å². The number of aromatic carboxylic acids is 1. The molecule has 0 unspecified atom stereocenters. The molecular formula is C12H11NO5S2. The molecule has 20 heavy (non-hydrogen) atoms. The molecule has 0 amide bonds. The van der Waals surface area contributed by atoms with Crippen LogP contribution in [-0.4, -0.2) is 26.5 Å². The van der Waals surface area contributed by atoms with E-state index < -0.39 is 16.0 Å². The van der Waals surface area contributed by atoms with Crippen LogP contribution in [-0.2, 0) is 10.0 Å². The van der Waals surface area contributed by atoms with Crippen molar-refractivity contribution in [2.24, 2.45) is 0 Å². The van der Waals surface area contributed by atoms with Crippen molar-refractivity contribution in [3.05, 3.63) is 40.6 Å². The van der Waals surface area contributed by atoms with Crippen LogP contribution in [0.3, 0.4) is 0 Å². The van der Waals surface area contributed by atoms with Gasteiger partial charge in [-0.05, 0) is 19.2 Å². The Bertz CT molecular complexity index is 736. The van der Waals surface area contributed by atoms with Gasteiger partial charge in [0.1, 0.15) is 21.3 Å². The smallest absolute Gasteiger partial charge is 0.346 e. The summed E-state index contributed by atoms with van der Waals surface area (Å²) in [6.07, 6.45) is 0. The van der Waals surface area contributed by atoms with Crippen molar-refractivity contribution >= 4 is 27.3 Å². The largest absolute Gasteiger partial charge is 0.477 e. The maximum Gasteiger partial charge on any atom is 0.346 e. The lowest BCUT2D eigenvalue weighted by molar-refractivity contribution is 0.0702. The highest BCUT2D eigenvalue weighted by Gasteiger charge is 2.18. The Morgan fingerprint density at radius 1 is 1.35 bits per heavy atom. The molecule has 0 atom stereocenters. The number of sulfonamides is 1. The predicted molar refractivity (Wildman–Crippen MR) is 74.0 cm³/mol. The third kappa shape index (κ3) is 2.98. The van der Waals surface area contributed by atoms with Crippen molar-refractivity contribution in [3.63, 3.8) is 0 Å². The molecule has 1 heterocycles. The number of rotatable bonds is 5. The quantitative estimate of drug-likeness (QED) is 0.882. The average Bonchev–Trinajstić information content (AvgIpc) is 2.88. The molecule has 2 aromatic rings. The number of para-hydroxylation sites is 1. The van der Waals surface area contributed by atoms with Gasteiger partial charge in [-0.2, -0.15) is 0 Å². The Morgan fingerprint density at radius 3 is 2.65 bits per heavy atom. The van der Waals surface area contributed by atoms with Crippen LogP contribution in [0.15, 0.2) is 40.6 Å². The molecule has 0 aliphatic rings. The summed E-state index contributed by atoms with van der Waals surface area (Å²) in [5, 5.41) is 10.3. The van der Waals surface area contributed by atoms with Crippen LogP contribution in [0.2, 0.25) is 0 Å². The first-order valence-corrected chi connectivity index (χ1v) is 7.82. The van der Waals surface area contributed by atoms with E-state index in [1.54, 1.807) is 12.1 Å². The number of carbonyl (C=O) groups is 1. The molecule has 0 aliphatic carbocycles. The highest BCUT2D eigenvalue weighted by molar-refractivity contribution is 7.89. The average molecular weight is 313 g/mol. The fraction of sp³-hybridized carbons (Fsp3) is 0.0833. The zero-order chi connectivity index (χ0) is 14.8. The van der Waals surface area contributed by atoms with E-state index in [2.05, 4.69) is 4.72 Å². The Labute approximate surface area is 119 Å². The van der Waals surface area contributed by atoms with Crippen molar-refractivity contribution in [1.82, 2.24) is 4.72 Å². The third-order valence-electron chi connectivity index (χ3n) is 2.42. The standard InChI is InChI=1S/C12H11NO5S2/c1-13-20(16,17)11-5-3-2-4-9(11)18-8-6-10(12(14)15)19-7-8/h2-7,13H,1H3,(H,14,15). The number of carboxylic acids is 1. The molecule has 2 N–H and O–H groups in total. The molecule has 8 heteroatoms. The molecule has 1 aromatic heterocycles. The zero-order valence-electron chi connectivity index (χ0n) is 10.4. The lowest BCUT2D eigenvalue weighted by Crippen LogP contribution is -2.19. The molecule has 6 nitrogen and oxygen atoms in total. The molecular weight excluding hydrogens is 302 g/mol. The molecule has 0 spiro atoms. The normalized spacial score (nSPS) is 11.2. The number of nitrogens with one attached hydrogen (secondary N) is 1. The van der Waals surface area contributed by atoms with Crippen molar-refractivity contribution < 1.29 is 23.1 Å². The first kappa shape index (κ1) is 14.5. The van der Waals surface area contributed by atoms with Gasteiger partial charge in [-0.1, -0.05) is 12.1 Å². The van der Waals surface area contributed by atoms with E-state index in [0.717, 1.165) is 11.3 Å². The van der Waals surface area contributed by atoms with E-state index >= 15 is 0 Å². The molecule has 0 saturated carbocycles. The fourth-order valence-electron chi connectivity index (χ4n) is 1.48. The molecule has 0 saturated heterocycles. The molecule has 0 aliphatic heterocycles. The summed E-state index contributed by atoms with van der Waals surface area (Å²) in [5.74, 6) is -0.635. The summed E-state index contributed by atoms with van der Waals surface area (Å²) in [6.45, 7) is 0. The fourth-order valence-corrected chi connectivity index (χ4v) is 2.97. The minimum atomic E-state index is -3.65. The van der Waals surface area contributed by atoms with Gasteiger partial charge in [0.25, 0.3) is 0 Å². The minimum Gasteiger partial charge on any atom is -0.477 e. The summed E-state index contributed by atoms with van der Waals surface area (Å²) in [7, 11) is -2.34. The van der Waals surface area contributed by atoms with Gasteiger partial charge in [0, 0.05) is 11.4 Å². The van der Waals surface area contributed by atoms with Crippen molar-refractivity contribution in [2.75, 3.05) is 7.05 Å². The second-order valence-electron chi connectivity index (χ2n) is 3.71. The molecule has 0 bridgehead atoms. The van der Waals surface area contributed by atoms with Crippen LogP contribution in [0.5, 0.6) is 11.5 Å². The van der Waals surface area contributed by atoms with Crippen molar-refractivity contribution in [1.29, 1.82) is 0 Å². The zero-order valence-corrected chi connectivity index (χ0v) is 12.0. The maximum absolute atomic E-state index is 11.8. The van der Waals surface area contributed by atoms with E-state index in [0.29, 0.717) is 0 Å². The monoisotopic (exact) mass is 313 g/mol. The lowest BCUT2D eigenvalue weighted by Gasteiger charge is -2.09. The van der Waals surface area contributed by atoms with E-state index in [-0.39, 0.29) is 21.3 Å². The Hall–Kier alpha value is -1.90. The van der Waals surface area contributed by atoms with E-state index in [1.807, 2.05) is 0 Å². The first-order chi connectivity index (χ1) is 9.44. The number of hydrogen-bond acceptors (Lipinski definition) is 5. The number of ether oxygens (including phenoxy) is 1. The number of thiophene rings is 1. The van der Waals surface area contributed by atoms with Gasteiger partial charge < -0.3 is 9.84 Å². The van der Waals surface area contributed by atoms with Crippen LogP contribution in [0, 0.1) is 0 Å². The van der Waals surface area contributed by atoms with E-state index in [4.69, 9.17) is 9.84 Å². The lowest BCUT2D eigenvalue weighted by atomic mass is 10.3. The number of carboxylic acid groups (broad SMARTS) is 1. The Balaban J connectivity index is 2.36. The van der Waals surface area contributed by atoms with Crippen LogP contribution >= 0.6 is 11.3 Å². The van der Waals surface area contributed by atoms with Gasteiger partial charge >= 0.3 is 5.97 Å². The van der Waals surface area contributed by atoms with Gasteiger partial charge in [0.15, 0.2) is 0 Å². The van der Waals surface area contributed by atoms with Gasteiger partial charge in [-0.25, -0.2) is 17.9 Å². The van der Waals surface area contributed by atoms with Gasteiger partial charge in [0.05, 0.1) is 0 Å².